The molecule has 0 bridgehead atoms. The van der Waals surface area contributed by atoms with Gasteiger partial charge in [0.1, 0.15) is 0 Å². The molecule has 2 N–H and O–H groups in total. The fourth-order valence-electron chi connectivity index (χ4n) is 1.65. The zero-order valence-electron chi connectivity index (χ0n) is 13.0. The van der Waals surface area contributed by atoms with Crippen LogP contribution in [0, 0.1) is 5.92 Å². The van der Waals surface area contributed by atoms with Gasteiger partial charge in [0, 0.05) is 30.3 Å². The molecule has 0 saturated carbocycles. The van der Waals surface area contributed by atoms with Crippen molar-refractivity contribution in [2.75, 3.05) is 6.54 Å². The molecule has 0 fully saturated rings. The van der Waals surface area contributed by atoms with Gasteiger partial charge in [-0.25, -0.2) is 0 Å². The second-order valence-electron chi connectivity index (χ2n) is 5.80. The number of amides is 1. The van der Waals surface area contributed by atoms with E-state index in [1.807, 2.05) is 30.7 Å². The predicted molar refractivity (Wildman–Crippen MR) is 84.4 cm³/mol. The Morgan fingerprint density at radius 2 is 2.27 bits per heavy atom. The minimum atomic E-state index is -0.910. The normalized spacial score (nSPS) is 14.0. The number of aromatic nitrogens is 2. The number of nitrogens with one attached hydrogen (secondary N) is 1. The van der Waals surface area contributed by atoms with E-state index >= 15 is 0 Å². The SMILES string of the molecule is CC(C)C(C)(O)CNC(=O)CCc1nnc(-c2ccsc2)o1. The molecule has 2 heterocycles. The van der Waals surface area contributed by atoms with E-state index in [-0.39, 0.29) is 24.8 Å². The highest BCUT2D eigenvalue weighted by atomic mass is 32.1. The number of thiophene rings is 1. The summed E-state index contributed by atoms with van der Waals surface area (Å²) < 4.78 is 5.52. The van der Waals surface area contributed by atoms with Crippen LogP contribution < -0.4 is 5.32 Å². The van der Waals surface area contributed by atoms with Gasteiger partial charge in [-0.1, -0.05) is 13.8 Å². The van der Waals surface area contributed by atoms with Gasteiger partial charge >= 0.3 is 0 Å². The average molecular weight is 323 g/mol. The van der Waals surface area contributed by atoms with E-state index < -0.39 is 5.60 Å². The van der Waals surface area contributed by atoms with Crippen LogP contribution in [0.5, 0.6) is 0 Å². The highest BCUT2D eigenvalue weighted by Gasteiger charge is 2.25. The Morgan fingerprint density at radius 1 is 1.50 bits per heavy atom. The van der Waals surface area contributed by atoms with Crippen LogP contribution in [0.1, 0.15) is 33.1 Å². The summed E-state index contributed by atoms with van der Waals surface area (Å²) >= 11 is 1.56. The van der Waals surface area contributed by atoms with Crippen LogP contribution in [-0.4, -0.2) is 33.4 Å². The molecule has 2 aromatic rings. The van der Waals surface area contributed by atoms with E-state index in [2.05, 4.69) is 15.5 Å². The van der Waals surface area contributed by atoms with Gasteiger partial charge in [-0.05, 0) is 24.3 Å². The smallest absolute Gasteiger partial charge is 0.248 e. The monoisotopic (exact) mass is 323 g/mol. The molecule has 1 unspecified atom stereocenters. The molecule has 6 nitrogen and oxygen atoms in total. The lowest BCUT2D eigenvalue weighted by atomic mass is 9.92. The number of hydrogen-bond donors (Lipinski definition) is 2. The average Bonchev–Trinajstić information content (AvgIpc) is 3.13. The molecule has 0 aliphatic heterocycles. The molecule has 1 atom stereocenters. The summed E-state index contributed by atoms with van der Waals surface area (Å²) in [6.45, 7) is 5.77. The summed E-state index contributed by atoms with van der Waals surface area (Å²) in [6.07, 6.45) is 0.631. The van der Waals surface area contributed by atoms with Crippen molar-refractivity contribution in [2.45, 2.75) is 39.2 Å². The van der Waals surface area contributed by atoms with Crippen LogP contribution in [0.15, 0.2) is 21.2 Å². The summed E-state index contributed by atoms with van der Waals surface area (Å²) in [6, 6.07) is 1.91. The number of rotatable bonds is 7. The Hall–Kier alpha value is -1.73. The molecule has 120 valence electrons. The first-order valence-corrected chi connectivity index (χ1v) is 8.17. The first-order valence-electron chi connectivity index (χ1n) is 7.22. The van der Waals surface area contributed by atoms with Crippen LogP contribution in [-0.2, 0) is 11.2 Å². The van der Waals surface area contributed by atoms with Crippen LogP contribution in [0.4, 0.5) is 0 Å². The molecule has 1 amide bonds. The Bertz CT molecular complexity index is 605. The van der Waals surface area contributed by atoms with Gasteiger partial charge in [-0.3, -0.25) is 4.79 Å². The summed E-state index contributed by atoms with van der Waals surface area (Å²) in [5, 5.41) is 24.6. The van der Waals surface area contributed by atoms with E-state index in [0.717, 1.165) is 5.56 Å². The van der Waals surface area contributed by atoms with Crippen LogP contribution in [0.25, 0.3) is 11.5 Å². The Kier molecular flexibility index (Phi) is 5.31. The lowest BCUT2D eigenvalue weighted by Crippen LogP contribution is -2.44. The van der Waals surface area contributed by atoms with Gasteiger partial charge in [-0.2, -0.15) is 11.3 Å². The van der Waals surface area contributed by atoms with E-state index in [1.165, 1.54) is 0 Å². The van der Waals surface area contributed by atoms with E-state index in [4.69, 9.17) is 4.42 Å². The van der Waals surface area contributed by atoms with Crippen molar-refractivity contribution in [3.63, 3.8) is 0 Å². The fraction of sp³-hybridized carbons (Fsp3) is 0.533. The standard InChI is InChI=1S/C15H21N3O3S/c1-10(2)15(3,20)9-16-12(19)4-5-13-17-18-14(21-13)11-6-7-22-8-11/h6-8,10,20H,4-5,9H2,1-3H3,(H,16,19). The molecule has 0 aromatic carbocycles. The number of carbonyl (C=O) groups excluding carboxylic acids is 1. The van der Waals surface area contributed by atoms with Gasteiger partial charge in [0.05, 0.1) is 5.60 Å². The number of hydrogen-bond acceptors (Lipinski definition) is 6. The second kappa shape index (κ2) is 7.02. The van der Waals surface area contributed by atoms with Crippen molar-refractivity contribution < 1.29 is 14.3 Å². The summed E-state index contributed by atoms with van der Waals surface area (Å²) in [4.78, 5) is 11.8. The van der Waals surface area contributed by atoms with Crippen LogP contribution in [0.2, 0.25) is 0 Å². The Balaban J connectivity index is 1.80. The lowest BCUT2D eigenvalue weighted by molar-refractivity contribution is -0.122. The molecule has 2 aromatic heterocycles. The maximum atomic E-state index is 11.8. The minimum Gasteiger partial charge on any atom is -0.421 e. The molecular formula is C15H21N3O3S. The molecule has 0 spiro atoms. The van der Waals surface area contributed by atoms with Crippen molar-refractivity contribution >= 4 is 17.2 Å². The first kappa shape index (κ1) is 16.6. The molecule has 22 heavy (non-hydrogen) atoms. The topological polar surface area (TPSA) is 88.2 Å². The van der Waals surface area contributed by atoms with E-state index in [0.29, 0.717) is 18.2 Å². The molecule has 0 saturated heterocycles. The summed E-state index contributed by atoms with van der Waals surface area (Å²) in [7, 11) is 0. The summed E-state index contributed by atoms with van der Waals surface area (Å²) in [5.74, 6) is 0.833. The highest BCUT2D eigenvalue weighted by Crippen LogP contribution is 2.20. The van der Waals surface area contributed by atoms with Gasteiger partial charge in [0.25, 0.3) is 0 Å². The molecule has 2 rings (SSSR count). The van der Waals surface area contributed by atoms with Crippen LogP contribution >= 0.6 is 11.3 Å². The third-order valence-corrected chi connectivity index (χ3v) is 4.37. The zero-order chi connectivity index (χ0) is 16.2. The minimum absolute atomic E-state index is 0.0666. The maximum absolute atomic E-state index is 11.8. The van der Waals surface area contributed by atoms with Crippen LogP contribution in [0.3, 0.4) is 0 Å². The van der Waals surface area contributed by atoms with Crippen molar-refractivity contribution in [1.29, 1.82) is 0 Å². The van der Waals surface area contributed by atoms with Gasteiger partial charge in [-0.15, -0.1) is 10.2 Å². The van der Waals surface area contributed by atoms with Crippen molar-refractivity contribution in [1.82, 2.24) is 15.5 Å². The summed E-state index contributed by atoms with van der Waals surface area (Å²) in [5.41, 5.74) is -0.0205. The number of aryl methyl sites for hydroxylation is 1. The third kappa shape index (κ3) is 4.38. The predicted octanol–water partition coefficient (Wildman–Crippen LogP) is 2.25. The van der Waals surface area contributed by atoms with Gasteiger partial charge < -0.3 is 14.8 Å². The maximum Gasteiger partial charge on any atom is 0.248 e. The number of nitrogens with zero attached hydrogens (tertiary/aromatic N) is 2. The van der Waals surface area contributed by atoms with Gasteiger partial charge in [0.2, 0.25) is 17.7 Å². The van der Waals surface area contributed by atoms with E-state index in [9.17, 15) is 9.90 Å². The quantitative estimate of drug-likeness (QED) is 0.816. The molecule has 0 aliphatic carbocycles. The zero-order valence-corrected chi connectivity index (χ0v) is 13.8. The highest BCUT2D eigenvalue weighted by molar-refractivity contribution is 7.08. The number of aliphatic hydroxyl groups is 1. The molecule has 7 heteroatoms. The molecule has 0 radical (unpaired) electrons. The van der Waals surface area contributed by atoms with Crippen molar-refractivity contribution in [2.24, 2.45) is 5.92 Å². The molecule has 0 aliphatic rings. The second-order valence-corrected chi connectivity index (χ2v) is 6.58. The third-order valence-electron chi connectivity index (χ3n) is 3.69. The fourth-order valence-corrected chi connectivity index (χ4v) is 2.28. The lowest BCUT2D eigenvalue weighted by Gasteiger charge is -2.27. The largest absolute Gasteiger partial charge is 0.421 e. The first-order chi connectivity index (χ1) is 10.4. The Labute approximate surface area is 133 Å². The van der Waals surface area contributed by atoms with E-state index in [1.54, 1.807) is 18.3 Å². The molecular weight excluding hydrogens is 302 g/mol. The number of carbonyl (C=O) groups is 1. The van der Waals surface area contributed by atoms with Gasteiger partial charge in [0.15, 0.2) is 0 Å². The van der Waals surface area contributed by atoms with Crippen molar-refractivity contribution in [3.8, 4) is 11.5 Å². The Morgan fingerprint density at radius 3 is 2.91 bits per heavy atom. The van der Waals surface area contributed by atoms with Crippen molar-refractivity contribution in [3.05, 3.63) is 22.7 Å².